The first-order valence-electron chi connectivity index (χ1n) is 6.81. The molecule has 0 aliphatic heterocycles. The Labute approximate surface area is 128 Å². The molecule has 0 aliphatic rings. The minimum atomic E-state index is -5.24. The third-order valence-electron chi connectivity index (χ3n) is 3.36. The third kappa shape index (κ3) is 4.81. The van der Waals surface area contributed by atoms with E-state index in [0.29, 0.717) is 12.8 Å². The zero-order valence-electron chi connectivity index (χ0n) is 12.1. The van der Waals surface area contributed by atoms with Crippen molar-refractivity contribution in [1.82, 2.24) is 0 Å². The van der Waals surface area contributed by atoms with Crippen molar-refractivity contribution in [3.63, 3.8) is 0 Å². The molecule has 0 saturated heterocycles. The molecule has 0 spiro atoms. The van der Waals surface area contributed by atoms with Crippen molar-refractivity contribution >= 4 is 0 Å². The van der Waals surface area contributed by atoms with E-state index in [4.69, 9.17) is 5.73 Å². The topological polar surface area (TPSA) is 46.2 Å². The first kappa shape index (κ1) is 19.7. The van der Waals surface area contributed by atoms with Crippen molar-refractivity contribution in [2.45, 2.75) is 50.7 Å². The van der Waals surface area contributed by atoms with Crippen molar-refractivity contribution < 1.29 is 35.8 Å². The van der Waals surface area contributed by atoms with Crippen LogP contribution in [0.3, 0.4) is 0 Å². The molecule has 0 bridgehead atoms. The Morgan fingerprint density at radius 2 is 1.65 bits per heavy atom. The second-order valence-corrected chi connectivity index (χ2v) is 5.15. The van der Waals surface area contributed by atoms with Crippen LogP contribution in [-0.4, -0.2) is 11.2 Å². The molecule has 0 heterocycles. The van der Waals surface area contributed by atoms with Gasteiger partial charge in [-0.2, -0.15) is 26.3 Å². The molecule has 2 atom stereocenters. The first-order chi connectivity index (χ1) is 10.4. The monoisotopic (exact) mass is 347 g/mol. The molecule has 0 amide bonds. The van der Waals surface area contributed by atoms with Crippen LogP contribution in [0.25, 0.3) is 0 Å². The summed E-state index contributed by atoms with van der Waals surface area (Å²) in [7, 11) is 0. The summed E-state index contributed by atoms with van der Waals surface area (Å²) in [5.41, 5.74) is 0.719. The first-order valence-corrected chi connectivity index (χ1v) is 6.81. The summed E-state index contributed by atoms with van der Waals surface area (Å²) >= 11 is 0. The quantitative estimate of drug-likeness (QED) is 0.775. The van der Waals surface area contributed by atoms with Crippen LogP contribution in [0.5, 0.6) is 0 Å². The van der Waals surface area contributed by atoms with Gasteiger partial charge in [-0.25, -0.2) is 4.39 Å². The van der Waals surface area contributed by atoms with Crippen molar-refractivity contribution in [2.75, 3.05) is 0 Å². The van der Waals surface area contributed by atoms with Crippen LogP contribution in [0.2, 0.25) is 0 Å². The molecule has 1 aromatic rings. The minimum Gasteiger partial charge on any atom is -0.391 e. The largest absolute Gasteiger partial charge is 0.416 e. The Morgan fingerprint density at radius 1 is 1.09 bits per heavy atom. The van der Waals surface area contributed by atoms with Crippen molar-refractivity contribution in [1.29, 1.82) is 0 Å². The number of hydrogen-bond donors (Lipinski definition) is 2. The van der Waals surface area contributed by atoms with Gasteiger partial charge in [0.1, 0.15) is 5.82 Å². The lowest BCUT2D eigenvalue weighted by molar-refractivity contribution is -0.144. The smallest absolute Gasteiger partial charge is 0.391 e. The van der Waals surface area contributed by atoms with Gasteiger partial charge in [-0.15, -0.1) is 0 Å². The van der Waals surface area contributed by atoms with E-state index in [2.05, 4.69) is 0 Å². The predicted octanol–water partition coefficient (Wildman–Crippen LogP) is 4.41. The molecule has 1 aromatic carbocycles. The maximum Gasteiger partial charge on any atom is 0.416 e. The minimum absolute atomic E-state index is 0.00935. The maximum absolute atomic E-state index is 13.9. The Bertz CT molecular complexity index is 539. The molecule has 0 saturated carbocycles. The Kier molecular flexibility index (Phi) is 6.03. The number of aliphatic hydroxyl groups is 1. The summed E-state index contributed by atoms with van der Waals surface area (Å²) in [4.78, 5) is 0. The van der Waals surface area contributed by atoms with Gasteiger partial charge in [-0.05, 0) is 18.6 Å². The van der Waals surface area contributed by atoms with Crippen LogP contribution >= 0.6 is 0 Å². The average molecular weight is 347 g/mol. The van der Waals surface area contributed by atoms with Gasteiger partial charge < -0.3 is 10.8 Å². The van der Waals surface area contributed by atoms with Gasteiger partial charge in [0.25, 0.3) is 0 Å². The normalized spacial score (nSPS) is 15.6. The van der Waals surface area contributed by atoms with Gasteiger partial charge in [-0.1, -0.05) is 19.8 Å². The number of nitrogens with two attached hydrogens (primary N) is 1. The SMILES string of the molecule is CCCC[C@H](O)[C@H](N)c1c(F)cc(C(F)(F)F)cc1C(F)(F)F. The number of aliphatic hydroxyl groups excluding tert-OH is 1. The zero-order chi connectivity index (χ0) is 18.0. The second-order valence-electron chi connectivity index (χ2n) is 5.15. The van der Waals surface area contributed by atoms with Gasteiger partial charge in [0.2, 0.25) is 0 Å². The van der Waals surface area contributed by atoms with E-state index in [-0.39, 0.29) is 18.6 Å². The fourth-order valence-electron chi connectivity index (χ4n) is 2.14. The van der Waals surface area contributed by atoms with Crippen LogP contribution in [0.4, 0.5) is 30.7 Å². The van der Waals surface area contributed by atoms with Gasteiger partial charge in [0, 0.05) is 5.56 Å². The highest BCUT2D eigenvalue weighted by Gasteiger charge is 2.41. The van der Waals surface area contributed by atoms with Gasteiger partial charge >= 0.3 is 12.4 Å². The molecule has 132 valence electrons. The number of alkyl halides is 6. The Morgan fingerprint density at radius 3 is 2.09 bits per heavy atom. The van der Waals surface area contributed by atoms with Crippen molar-refractivity contribution in [3.8, 4) is 0 Å². The van der Waals surface area contributed by atoms with Gasteiger partial charge in [-0.3, -0.25) is 0 Å². The summed E-state index contributed by atoms with van der Waals surface area (Å²) in [6, 6.07) is -2.01. The predicted molar refractivity (Wildman–Crippen MR) is 68.9 cm³/mol. The molecule has 23 heavy (non-hydrogen) atoms. The lowest BCUT2D eigenvalue weighted by Crippen LogP contribution is -2.30. The number of benzene rings is 1. The van der Waals surface area contributed by atoms with E-state index < -0.39 is 47.0 Å². The maximum atomic E-state index is 13.9. The Balaban J connectivity index is 3.41. The molecular weight excluding hydrogens is 331 g/mol. The second kappa shape index (κ2) is 7.04. The average Bonchev–Trinajstić information content (AvgIpc) is 2.41. The summed E-state index contributed by atoms with van der Waals surface area (Å²) < 4.78 is 90.7. The Hall–Kier alpha value is -1.35. The molecule has 3 N–H and O–H groups in total. The molecule has 9 heteroatoms. The highest BCUT2D eigenvalue weighted by Crippen LogP contribution is 2.40. The number of unbranched alkanes of at least 4 members (excludes halogenated alkanes) is 1. The molecule has 0 unspecified atom stereocenters. The fourth-order valence-corrected chi connectivity index (χ4v) is 2.14. The van der Waals surface area contributed by atoms with Crippen LogP contribution in [0, 0.1) is 5.82 Å². The van der Waals surface area contributed by atoms with E-state index in [1.54, 1.807) is 6.92 Å². The fraction of sp³-hybridized carbons (Fsp3) is 0.571. The molecule has 1 rings (SSSR count). The van der Waals surface area contributed by atoms with Crippen molar-refractivity contribution in [2.24, 2.45) is 5.73 Å². The number of hydrogen-bond acceptors (Lipinski definition) is 2. The van der Waals surface area contributed by atoms with Crippen LogP contribution in [0.1, 0.15) is 48.9 Å². The van der Waals surface area contributed by atoms with E-state index in [0.717, 1.165) is 0 Å². The highest BCUT2D eigenvalue weighted by atomic mass is 19.4. The summed E-state index contributed by atoms with van der Waals surface area (Å²) in [6.07, 6.45) is -10.8. The van der Waals surface area contributed by atoms with Gasteiger partial charge in [0.15, 0.2) is 0 Å². The molecule has 0 aromatic heterocycles. The standard InChI is InChI=1S/C14H16F7NO/c1-2-3-4-10(23)12(22)11-8(14(19,20)21)5-7(6-9(11)15)13(16,17)18/h5-6,10,12,23H,2-4,22H2,1H3/t10-,12-/m0/s1. The van der Waals surface area contributed by atoms with E-state index in [9.17, 15) is 35.8 Å². The molecular formula is C14H16F7NO. The molecule has 2 nitrogen and oxygen atoms in total. The summed E-state index contributed by atoms with van der Waals surface area (Å²) in [5, 5.41) is 9.76. The van der Waals surface area contributed by atoms with E-state index in [1.807, 2.05) is 0 Å². The lowest BCUT2D eigenvalue weighted by Gasteiger charge is -2.24. The summed E-state index contributed by atoms with van der Waals surface area (Å²) in [6.45, 7) is 1.76. The summed E-state index contributed by atoms with van der Waals surface area (Å²) in [5.74, 6) is -1.74. The number of rotatable bonds is 5. The van der Waals surface area contributed by atoms with E-state index in [1.165, 1.54) is 0 Å². The van der Waals surface area contributed by atoms with Crippen LogP contribution < -0.4 is 5.73 Å². The zero-order valence-corrected chi connectivity index (χ0v) is 12.1. The third-order valence-corrected chi connectivity index (χ3v) is 3.36. The van der Waals surface area contributed by atoms with Gasteiger partial charge in [0.05, 0.1) is 23.3 Å². The van der Waals surface area contributed by atoms with E-state index >= 15 is 0 Å². The highest BCUT2D eigenvalue weighted by molar-refractivity contribution is 5.39. The molecule has 0 aliphatic carbocycles. The molecule has 0 radical (unpaired) electrons. The molecule has 0 fully saturated rings. The van der Waals surface area contributed by atoms with Crippen LogP contribution in [-0.2, 0) is 12.4 Å². The number of halogens is 7. The van der Waals surface area contributed by atoms with Crippen LogP contribution in [0.15, 0.2) is 12.1 Å². The van der Waals surface area contributed by atoms with Crippen molar-refractivity contribution in [3.05, 3.63) is 34.6 Å². The lowest BCUT2D eigenvalue weighted by atomic mass is 9.92.